The zero-order valence-electron chi connectivity index (χ0n) is 72.8. The Morgan fingerprint density at radius 2 is 0.627 bits per heavy atom. The molecule has 2 amide bonds. The molecule has 38 heteroatoms. The Kier molecular flexibility index (Phi) is 23.0. The molecule has 12 N–H and O–H groups in total. The molecule has 8 aliphatic rings. The number of pyridine rings is 4. The summed E-state index contributed by atoms with van der Waals surface area (Å²) in [4.78, 5) is 86.7. The molecule has 4 saturated carbocycles. The van der Waals surface area contributed by atoms with Crippen LogP contribution in [0.4, 0.5) is 34.4 Å². The van der Waals surface area contributed by atoms with Crippen LogP contribution >= 0.6 is 86.9 Å². The first-order chi connectivity index (χ1) is 64.3. The molecule has 16 aromatic rings. The first-order valence-electron chi connectivity index (χ1n) is 44.2. The van der Waals surface area contributed by atoms with Crippen LogP contribution in [0.25, 0.3) is 87.7 Å². The number of nitrogens with zero attached hydrogens (tertiary/aromatic N) is 20. The number of carbonyl (C=O) groups is 2. The van der Waals surface area contributed by atoms with Gasteiger partial charge >= 0.3 is 0 Å². The van der Waals surface area contributed by atoms with Gasteiger partial charge in [-0.15, -0.1) is 0 Å². The van der Waals surface area contributed by atoms with Gasteiger partial charge in [0.05, 0.1) is 111 Å². The third-order valence-electron chi connectivity index (χ3n) is 29.8. The number of aliphatic hydroxyl groups excluding tert-OH is 8. The molecule has 688 valence electrons. The largest absolute Gasteiger partial charge is 0.390 e. The average Bonchev–Trinajstić information content (AvgIpc) is 1.59. The Hall–Kier alpha value is -10.7. The first-order valence-corrected chi connectivity index (χ1v) is 48.1. The Labute approximate surface area is 809 Å². The van der Waals surface area contributed by atoms with Crippen molar-refractivity contribution in [1.29, 1.82) is 0 Å². The van der Waals surface area contributed by atoms with E-state index < -0.39 is 71.7 Å². The minimum Gasteiger partial charge on any atom is -0.390 e. The minimum atomic E-state index is -1.05. The summed E-state index contributed by atoms with van der Waals surface area (Å²) in [6, 6.07) is 37.8. The molecule has 0 bridgehead atoms. The summed E-state index contributed by atoms with van der Waals surface area (Å²) in [5.74, 6) is 0.661. The van der Waals surface area contributed by atoms with Crippen molar-refractivity contribution in [3.05, 3.63) is 222 Å². The highest BCUT2D eigenvalue weighted by Crippen LogP contribution is 2.57. The zero-order valence-corrected chi connectivity index (χ0v) is 80.6. The minimum absolute atomic E-state index is 0.0909. The highest BCUT2D eigenvalue weighted by Gasteiger charge is 2.62. The van der Waals surface area contributed by atoms with Gasteiger partial charge in [0.15, 0.2) is 0 Å². The smallest absolute Gasteiger partial charge is 0.227 e. The lowest BCUT2D eigenvalue weighted by atomic mass is 9.82. The van der Waals surface area contributed by atoms with Gasteiger partial charge in [-0.2, -0.15) is 0 Å². The van der Waals surface area contributed by atoms with Gasteiger partial charge in [0.1, 0.15) is 94.3 Å². The van der Waals surface area contributed by atoms with Crippen LogP contribution in [0.3, 0.4) is 0 Å². The normalized spacial score (nSPS) is 27.2. The summed E-state index contributed by atoms with van der Waals surface area (Å²) >= 11 is 26.0. The summed E-state index contributed by atoms with van der Waals surface area (Å²) in [7, 11) is 0. The van der Waals surface area contributed by atoms with Crippen LogP contribution < -0.4 is 31.1 Å². The molecule has 4 aliphatic carbocycles. The fourth-order valence-corrected chi connectivity index (χ4v) is 24.2. The zero-order chi connectivity index (χ0) is 93.4. The van der Waals surface area contributed by atoms with Gasteiger partial charge in [0.25, 0.3) is 0 Å². The van der Waals surface area contributed by atoms with E-state index in [0.717, 1.165) is 139 Å². The highest BCUT2D eigenvalue weighted by molar-refractivity contribution is 9.11. The number of halogens is 6. The maximum Gasteiger partial charge on any atom is 0.227 e. The highest BCUT2D eigenvalue weighted by atomic mass is 79.9. The van der Waals surface area contributed by atoms with E-state index in [0.29, 0.717) is 112 Å². The monoisotopic (exact) mass is 2100 g/mol. The molecule has 16 atom stereocenters. The summed E-state index contributed by atoms with van der Waals surface area (Å²) in [5.41, 5.74) is 22.7. The van der Waals surface area contributed by atoms with Gasteiger partial charge in [-0.1, -0.05) is 47.5 Å². The van der Waals surface area contributed by atoms with Crippen molar-refractivity contribution < 1.29 is 50.4 Å². The Morgan fingerprint density at radius 1 is 0.351 bits per heavy atom. The van der Waals surface area contributed by atoms with Crippen molar-refractivity contribution in [3.8, 4) is 0 Å². The maximum atomic E-state index is 13.1. The number of aliphatic hydroxyl groups is 8. The molecule has 4 saturated heterocycles. The van der Waals surface area contributed by atoms with E-state index in [2.05, 4.69) is 145 Å². The van der Waals surface area contributed by atoms with Gasteiger partial charge in [0, 0.05) is 164 Å². The second-order valence-electron chi connectivity index (χ2n) is 37.4. The number of fused-ring (bicyclic) bond motifs is 8. The van der Waals surface area contributed by atoms with E-state index in [1.807, 2.05) is 180 Å². The predicted molar refractivity (Wildman–Crippen MR) is 526 cm³/mol. The van der Waals surface area contributed by atoms with E-state index in [-0.39, 0.29) is 47.6 Å². The Bertz CT molecular complexity index is 7030. The molecule has 4 aliphatic heterocycles. The summed E-state index contributed by atoms with van der Waals surface area (Å²) in [5, 5.41) is 97.3. The summed E-state index contributed by atoms with van der Waals surface area (Å²) in [6.45, 7) is 11.3. The third-order valence-corrected chi connectivity index (χ3v) is 33.3. The van der Waals surface area contributed by atoms with Crippen molar-refractivity contribution in [2.45, 2.75) is 152 Å². The lowest BCUT2D eigenvalue weighted by molar-refractivity contribution is -0.119. The predicted octanol–water partition coefficient (Wildman–Crippen LogP) is 14.0. The SMILES string of the molecule is Cc1ncnc2c1ccn2C1CC2(CC(=O)N(c3ccc4cc(Br)c(Cl)nc4c3)C2)C(O)C1O.Cc1ncnc2c1ccn2C1CC2(CC(=O)N(c3ccc4cc(Br)c(N)nc4c3)C2)C(O)C1O.Cc1ncnc2c1ccn2C1CC2(CCN(c3ccc4cc(Br)c(Cl)nc4c3)C2)C(O)C1O.Cc1ncnc2c1ccn2C1CC2(CCN(c3ccc4cc(Br)c(N)nc4c3)C2)C(O)C1O. The number of hydrogen-bond donors (Lipinski definition) is 10. The van der Waals surface area contributed by atoms with Crippen LogP contribution in [0.1, 0.15) is 98.3 Å². The molecular weight excluding hydrogens is 2010 g/mol. The van der Waals surface area contributed by atoms with Gasteiger partial charge in [0.2, 0.25) is 11.8 Å². The van der Waals surface area contributed by atoms with Gasteiger partial charge in [-0.3, -0.25) is 9.59 Å². The van der Waals surface area contributed by atoms with E-state index in [1.54, 1.807) is 22.5 Å². The Balaban J connectivity index is 0.000000107. The number of amides is 2. The van der Waals surface area contributed by atoms with E-state index >= 15 is 0 Å². The fourth-order valence-electron chi connectivity index (χ4n) is 22.6. The molecule has 134 heavy (non-hydrogen) atoms. The number of aryl methyl sites for hydroxylation is 4. The van der Waals surface area contributed by atoms with Crippen LogP contribution in [0.15, 0.2) is 189 Å². The maximum absolute atomic E-state index is 13.1. The van der Waals surface area contributed by atoms with Gasteiger partial charge in [-0.25, -0.2) is 59.8 Å². The lowest BCUT2D eigenvalue weighted by Crippen LogP contribution is -2.38. The third kappa shape index (κ3) is 15.3. The number of nitrogens with two attached hydrogens (primary N) is 2. The molecular formula is C96H92Br4Cl2N22O10. The molecule has 12 aromatic heterocycles. The fraction of sp³-hybridized carbons (Fsp3) is 0.354. The van der Waals surface area contributed by atoms with Crippen molar-refractivity contribution in [3.63, 3.8) is 0 Å². The Morgan fingerprint density at radius 3 is 0.948 bits per heavy atom. The molecule has 4 spiro atoms. The molecule has 8 fully saturated rings. The van der Waals surface area contributed by atoms with E-state index in [4.69, 9.17) is 34.7 Å². The number of benzene rings is 4. The van der Waals surface area contributed by atoms with Crippen molar-refractivity contribution in [2.75, 3.05) is 70.3 Å². The van der Waals surface area contributed by atoms with Crippen molar-refractivity contribution in [1.82, 2.24) is 78.1 Å². The van der Waals surface area contributed by atoms with Crippen LogP contribution in [0, 0.1) is 49.4 Å². The molecule has 0 radical (unpaired) electrons. The van der Waals surface area contributed by atoms with Gasteiger partial charge in [-0.05, 0) is 227 Å². The molecule has 16 heterocycles. The summed E-state index contributed by atoms with van der Waals surface area (Å²) in [6.07, 6.45) is 10.5. The number of nitrogen functional groups attached to an aromatic ring is 2. The molecule has 24 rings (SSSR count). The van der Waals surface area contributed by atoms with Crippen LogP contribution in [0.5, 0.6) is 0 Å². The lowest BCUT2D eigenvalue weighted by Gasteiger charge is -2.29. The summed E-state index contributed by atoms with van der Waals surface area (Å²) < 4.78 is 10.8. The second kappa shape index (κ2) is 34.2. The second-order valence-corrected chi connectivity index (χ2v) is 41.5. The van der Waals surface area contributed by atoms with Crippen LogP contribution in [-0.4, -0.2) is 219 Å². The molecule has 16 unspecified atom stereocenters. The topological polar surface area (TPSA) is 435 Å². The number of anilines is 6. The average molecular weight is 2100 g/mol. The first kappa shape index (κ1) is 89.8. The van der Waals surface area contributed by atoms with Crippen LogP contribution in [0.2, 0.25) is 10.3 Å². The number of carbonyl (C=O) groups excluding carboxylic acids is 2. The number of hydrogen-bond acceptors (Lipinski definition) is 26. The molecule has 4 aromatic carbocycles. The van der Waals surface area contributed by atoms with Crippen LogP contribution in [-0.2, 0) is 9.59 Å². The van der Waals surface area contributed by atoms with Crippen molar-refractivity contribution >= 4 is 221 Å². The van der Waals surface area contributed by atoms with Crippen molar-refractivity contribution in [2.24, 2.45) is 21.7 Å². The standard InChI is InChI=1S/C24H21BrClN5O3.C24H23BrClN5O2.C24H23BrN6O3.C24H25BrN6O2/c1-12-15-4-5-30(23(15)28-11-27-12)18-8-24(21(34)20(18)33)9-19(32)31(10-24)14-3-2-13-6-16(25)22(26)29-17(13)7-14;1-13-16-4-6-31(23(16)28-12-27-13)19-10-24(21(33)20(19)32)5-7-30(11-24)15-3-2-14-8-17(25)22(26)29-18(14)9-15;1-12-15-4-5-30(23(15)28-11-27-12)18-8-24(21(34)20(18)33)9-19(32)31(10-24)14-3-2-13-6-16(25)22(26)29-17(13)7-14;1-13-16-4-6-31(23(16)28-12-27-13)19-10-24(21(33)20(19)32)5-7-30(11-24)15-3-2-14-8-17(25)22(26)29-18(14)9-15/h2-7,11,18,20-21,33-34H,8-10H2,1H3;2-4,6,8-9,12,19-21,32-33H,5,7,10-11H2,1H3;2-7,11,18,20-21,33-34H,8-10H2,1H3,(H2,26,29);2-4,6,8-9,12,19-21,32-33H,5,7,10-11H2,1H3,(H2,26,29). The van der Waals surface area contributed by atoms with E-state index in [1.165, 1.54) is 12.7 Å². The van der Waals surface area contributed by atoms with E-state index in [9.17, 15) is 50.4 Å². The molecule has 32 nitrogen and oxygen atoms in total. The van der Waals surface area contributed by atoms with Gasteiger partial charge < -0.3 is 90.2 Å². The number of rotatable bonds is 8. The quantitative estimate of drug-likeness (QED) is 0.0632. The number of aromatic nitrogens is 16.